The van der Waals surface area contributed by atoms with Crippen molar-refractivity contribution >= 4 is 5.69 Å². The number of furan rings is 1. The number of ether oxygens (including phenoxy) is 1. The molecule has 0 spiro atoms. The highest BCUT2D eigenvalue weighted by Gasteiger charge is 2.10. The number of nitrogens with one attached hydrogen (secondary N) is 1. The highest BCUT2D eigenvalue weighted by atomic mass is 16.5. The zero-order valence-corrected chi connectivity index (χ0v) is 10.4. The van der Waals surface area contributed by atoms with Gasteiger partial charge in [-0.3, -0.25) is 0 Å². The molecule has 0 bridgehead atoms. The average Bonchev–Trinajstić information content (AvgIpc) is 2.85. The lowest BCUT2D eigenvalue weighted by Crippen LogP contribution is -2.06. The number of rotatable bonds is 4. The van der Waals surface area contributed by atoms with Gasteiger partial charge in [-0.2, -0.15) is 0 Å². The van der Waals surface area contributed by atoms with E-state index < -0.39 is 0 Å². The molecule has 3 nitrogen and oxygen atoms in total. The van der Waals surface area contributed by atoms with E-state index in [-0.39, 0.29) is 6.04 Å². The van der Waals surface area contributed by atoms with Crippen molar-refractivity contribution < 1.29 is 9.15 Å². The second-order valence-corrected chi connectivity index (χ2v) is 4.09. The number of anilines is 1. The highest BCUT2D eigenvalue weighted by Crippen LogP contribution is 2.29. The fraction of sp³-hybridized carbons (Fsp3) is 0.286. The van der Waals surface area contributed by atoms with Crippen molar-refractivity contribution in [2.45, 2.75) is 19.9 Å². The Balaban J connectivity index is 2.18. The normalized spacial score (nSPS) is 12.2. The van der Waals surface area contributed by atoms with Crippen LogP contribution in [0.25, 0.3) is 0 Å². The first-order chi connectivity index (χ1) is 8.20. The first-order valence-corrected chi connectivity index (χ1v) is 5.65. The van der Waals surface area contributed by atoms with Gasteiger partial charge in [-0.25, -0.2) is 0 Å². The van der Waals surface area contributed by atoms with Gasteiger partial charge >= 0.3 is 0 Å². The predicted octanol–water partition coefficient (Wildman–Crippen LogP) is 3.77. The number of methoxy groups -OCH3 is 1. The maximum atomic E-state index is 5.36. The first-order valence-electron chi connectivity index (χ1n) is 5.65. The lowest BCUT2D eigenvalue weighted by molar-refractivity contribution is 0.415. The number of aryl methyl sites for hydroxylation is 1. The molecule has 3 heteroatoms. The van der Waals surface area contributed by atoms with Gasteiger partial charge in [-0.15, -0.1) is 0 Å². The van der Waals surface area contributed by atoms with E-state index >= 15 is 0 Å². The van der Waals surface area contributed by atoms with Crippen LogP contribution in [0.5, 0.6) is 5.75 Å². The van der Waals surface area contributed by atoms with Crippen molar-refractivity contribution in [1.29, 1.82) is 0 Å². The lowest BCUT2D eigenvalue weighted by Gasteiger charge is -2.16. The molecule has 0 saturated heterocycles. The zero-order valence-electron chi connectivity index (χ0n) is 10.4. The van der Waals surface area contributed by atoms with Crippen LogP contribution in [0.15, 0.2) is 41.0 Å². The van der Waals surface area contributed by atoms with Crippen LogP contribution in [0.1, 0.15) is 24.3 Å². The Bertz CT molecular complexity index is 477. The second kappa shape index (κ2) is 4.95. The van der Waals surface area contributed by atoms with E-state index in [2.05, 4.69) is 18.3 Å². The summed E-state index contributed by atoms with van der Waals surface area (Å²) < 4.78 is 10.7. The van der Waals surface area contributed by atoms with Crippen LogP contribution in [0.4, 0.5) is 5.69 Å². The molecule has 1 aromatic carbocycles. The van der Waals surface area contributed by atoms with Gasteiger partial charge in [0.1, 0.15) is 11.5 Å². The van der Waals surface area contributed by atoms with Crippen molar-refractivity contribution in [3.8, 4) is 5.75 Å². The fourth-order valence-electron chi connectivity index (χ4n) is 1.76. The number of hydrogen-bond donors (Lipinski definition) is 1. The molecule has 1 N–H and O–H groups in total. The Morgan fingerprint density at radius 3 is 2.76 bits per heavy atom. The summed E-state index contributed by atoms with van der Waals surface area (Å²) in [7, 11) is 1.68. The first kappa shape index (κ1) is 11.6. The monoisotopic (exact) mass is 231 g/mol. The molecule has 0 aliphatic carbocycles. The van der Waals surface area contributed by atoms with E-state index in [1.54, 1.807) is 13.4 Å². The molecular weight excluding hydrogens is 214 g/mol. The van der Waals surface area contributed by atoms with Gasteiger partial charge in [0.25, 0.3) is 0 Å². The molecule has 0 fully saturated rings. The van der Waals surface area contributed by atoms with Crippen molar-refractivity contribution in [3.05, 3.63) is 47.9 Å². The molecule has 1 unspecified atom stereocenters. The van der Waals surface area contributed by atoms with E-state index in [4.69, 9.17) is 9.15 Å². The summed E-state index contributed by atoms with van der Waals surface area (Å²) in [5.74, 6) is 1.76. The Morgan fingerprint density at radius 2 is 2.12 bits per heavy atom. The van der Waals surface area contributed by atoms with Gasteiger partial charge in [-0.05, 0) is 43.7 Å². The Hall–Kier alpha value is -1.90. The van der Waals surface area contributed by atoms with Gasteiger partial charge in [0.05, 0.1) is 25.1 Å². The molecule has 2 aromatic rings. The molecule has 90 valence electrons. The smallest absolute Gasteiger partial charge is 0.142 e. The second-order valence-electron chi connectivity index (χ2n) is 4.09. The minimum Gasteiger partial charge on any atom is -0.495 e. The maximum Gasteiger partial charge on any atom is 0.142 e. The number of hydrogen-bond acceptors (Lipinski definition) is 3. The van der Waals surface area contributed by atoms with E-state index in [1.165, 1.54) is 5.56 Å². The third-order valence-electron chi connectivity index (χ3n) is 2.70. The Morgan fingerprint density at radius 1 is 1.29 bits per heavy atom. The average molecular weight is 231 g/mol. The maximum absolute atomic E-state index is 5.36. The van der Waals surface area contributed by atoms with Crippen molar-refractivity contribution in [2.75, 3.05) is 12.4 Å². The van der Waals surface area contributed by atoms with Crippen LogP contribution in [-0.2, 0) is 0 Å². The van der Waals surface area contributed by atoms with Crippen molar-refractivity contribution in [3.63, 3.8) is 0 Å². The van der Waals surface area contributed by atoms with Gasteiger partial charge < -0.3 is 14.5 Å². The molecule has 0 saturated carbocycles. The van der Waals surface area contributed by atoms with Gasteiger partial charge in [0.15, 0.2) is 0 Å². The Labute approximate surface area is 101 Å². The fourth-order valence-corrected chi connectivity index (χ4v) is 1.76. The standard InChI is InChI=1S/C14H17NO2/c1-10-6-7-12(14(9-10)16-3)15-11(2)13-5-4-8-17-13/h4-9,11,15H,1-3H3. The predicted molar refractivity (Wildman–Crippen MR) is 68.5 cm³/mol. The zero-order chi connectivity index (χ0) is 12.3. The molecule has 2 rings (SSSR count). The van der Waals surface area contributed by atoms with Crippen LogP contribution in [0.3, 0.4) is 0 Å². The molecule has 0 radical (unpaired) electrons. The molecule has 0 aliphatic rings. The summed E-state index contributed by atoms with van der Waals surface area (Å²) in [4.78, 5) is 0. The van der Waals surface area contributed by atoms with Crippen LogP contribution in [0, 0.1) is 6.92 Å². The molecule has 0 aliphatic heterocycles. The highest BCUT2D eigenvalue weighted by molar-refractivity contribution is 5.58. The van der Waals surface area contributed by atoms with Crippen LogP contribution >= 0.6 is 0 Å². The summed E-state index contributed by atoms with van der Waals surface area (Å²) in [6.07, 6.45) is 1.68. The summed E-state index contributed by atoms with van der Waals surface area (Å²) >= 11 is 0. The summed E-state index contributed by atoms with van der Waals surface area (Å²) in [6.45, 7) is 4.10. The quantitative estimate of drug-likeness (QED) is 0.869. The molecule has 0 amide bonds. The van der Waals surface area contributed by atoms with Crippen LogP contribution < -0.4 is 10.1 Å². The van der Waals surface area contributed by atoms with E-state index in [0.717, 1.165) is 17.2 Å². The largest absolute Gasteiger partial charge is 0.495 e. The topological polar surface area (TPSA) is 34.4 Å². The van der Waals surface area contributed by atoms with E-state index in [0.29, 0.717) is 0 Å². The third-order valence-corrected chi connectivity index (χ3v) is 2.70. The van der Waals surface area contributed by atoms with E-state index in [9.17, 15) is 0 Å². The number of benzene rings is 1. The van der Waals surface area contributed by atoms with E-state index in [1.807, 2.05) is 31.2 Å². The molecule has 1 aromatic heterocycles. The SMILES string of the molecule is COc1cc(C)ccc1NC(C)c1ccco1. The summed E-state index contributed by atoms with van der Waals surface area (Å²) in [5, 5.41) is 3.37. The molecule has 1 atom stereocenters. The molecule has 17 heavy (non-hydrogen) atoms. The minimum absolute atomic E-state index is 0.113. The summed E-state index contributed by atoms with van der Waals surface area (Å²) in [6, 6.07) is 10.0. The minimum atomic E-state index is 0.113. The van der Waals surface area contributed by atoms with Crippen molar-refractivity contribution in [2.24, 2.45) is 0 Å². The third kappa shape index (κ3) is 2.61. The molecule has 1 heterocycles. The van der Waals surface area contributed by atoms with Crippen molar-refractivity contribution in [1.82, 2.24) is 0 Å². The lowest BCUT2D eigenvalue weighted by atomic mass is 10.2. The van der Waals surface area contributed by atoms with Gasteiger partial charge in [-0.1, -0.05) is 6.07 Å². The Kier molecular flexibility index (Phi) is 3.38. The van der Waals surface area contributed by atoms with Gasteiger partial charge in [0, 0.05) is 0 Å². The van der Waals surface area contributed by atoms with Crippen LogP contribution in [-0.4, -0.2) is 7.11 Å². The van der Waals surface area contributed by atoms with Crippen LogP contribution in [0.2, 0.25) is 0 Å². The summed E-state index contributed by atoms with van der Waals surface area (Å²) in [5.41, 5.74) is 2.15. The van der Waals surface area contributed by atoms with Gasteiger partial charge in [0.2, 0.25) is 0 Å². The molecular formula is C14H17NO2.